The van der Waals surface area contributed by atoms with Crippen LogP contribution in [0.3, 0.4) is 0 Å². The van der Waals surface area contributed by atoms with E-state index in [0.29, 0.717) is 0 Å². The number of aryl methyl sites for hydroxylation is 3. The summed E-state index contributed by atoms with van der Waals surface area (Å²) in [6.45, 7) is 2.12. The lowest BCUT2D eigenvalue weighted by molar-refractivity contribution is 0.0921. The molecule has 1 unspecified atom stereocenters. The largest absolute Gasteiger partial charge is 0.341 e. The van der Waals surface area contributed by atoms with E-state index in [0.717, 1.165) is 61.3 Å². The van der Waals surface area contributed by atoms with Gasteiger partial charge in [0.1, 0.15) is 11.5 Å². The summed E-state index contributed by atoms with van der Waals surface area (Å²) in [5.41, 5.74) is 2.94. The molecule has 0 fully saturated rings. The number of fused-ring (bicyclic) bond motifs is 1. The molecule has 1 N–H and O–H groups in total. The minimum Gasteiger partial charge on any atom is -0.341 e. The second-order valence-corrected chi connectivity index (χ2v) is 6.32. The molecule has 124 valence electrons. The normalized spacial score (nSPS) is 15.3. The molecule has 23 heavy (non-hydrogen) atoms. The SMILES string of the molecule is CCCC(NC(=O)c1c2c(nn1C)CCCC2)c1nccn1C. The van der Waals surface area contributed by atoms with Crippen LogP contribution in [0.2, 0.25) is 0 Å². The van der Waals surface area contributed by atoms with Gasteiger partial charge in [0.25, 0.3) is 5.91 Å². The van der Waals surface area contributed by atoms with E-state index < -0.39 is 0 Å². The first kappa shape index (κ1) is 15.8. The smallest absolute Gasteiger partial charge is 0.270 e. The molecule has 1 aliphatic rings. The van der Waals surface area contributed by atoms with Crippen molar-refractivity contribution in [2.45, 2.75) is 51.5 Å². The van der Waals surface area contributed by atoms with Gasteiger partial charge in [-0.1, -0.05) is 13.3 Å². The second kappa shape index (κ2) is 6.56. The fourth-order valence-corrected chi connectivity index (χ4v) is 3.46. The van der Waals surface area contributed by atoms with Crippen LogP contribution in [-0.2, 0) is 26.9 Å². The molecule has 0 bridgehead atoms. The number of nitrogens with zero attached hydrogens (tertiary/aromatic N) is 4. The van der Waals surface area contributed by atoms with Crippen molar-refractivity contribution in [1.29, 1.82) is 0 Å². The highest BCUT2D eigenvalue weighted by molar-refractivity contribution is 5.94. The first-order chi connectivity index (χ1) is 11.1. The van der Waals surface area contributed by atoms with Crippen molar-refractivity contribution < 1.29 is 4.79 Å². The maximum Gasteiger partial charge on any atom is 0.270 e. The predicted molar refractivity (Wildman–Crippen MR) is 88.2 cm³/mol. The van der Waals surface area contributed by atoms with Gasteiger partial charge in [-0.05, 0) is 32.1 Å². The van der Waals surface area contributed by atoms with Crippen molar-refractivity contribution in [1.82, 2.24) is 24.6 Å². The molecule has 2 heterocycles. The molecule has 2 aromatic rings. The van der Waals surface area contributed by atoms with Crippen molar-refractivity contribution in [3.05, 3.63) is 35.2 Å². The van der Waals surface area contributed by atoms with Crippen molar-refractivity contribution in [2.24, 2.45) is 14.1 Å². The fraction of sp³-hybridized carbons (Fsp3) is 0.588. The van der Waals surface area contributed by atoms with Crippen molar-refractivity contribution in [2.75, 3.05) is 0 Å². The first-order valence-corrected chi connectivity index (χ1v) is 8.44. The van der Waals surface area contributed by atoms with Crippen LogP contribution in [0, 0.1) is 0 Å². The van der Waals surface area contributed by atoms with Gasteiger partial charge in [0, 0.05) is 32.1 Å². The van der Waals surface area contributed by atoms with Crippen LogP contribution in [0.25, 0.3) is 0 Å². The average Bonchev–Trinajstić information content (AvgIpc) is 3.09. The third-order valence-corrected chi connectivity index (χ3v) is 4.59. The summed E-state index contributed by atoms with van der Waals surface area (Å²) < 4.78 is 3.71. The molecule has 0 aromatic carbocycles. The molecule has 0 aliphatic heterocycles. The van der Waals surface area contributed by atoms with Gasteiger partial charge in [0.2, 0.25) is 0 Å². The minimum absolute atomic E-state index is 0.0374. The summed E-state index contributed by atoms with van der Waals surface area (Å²) in [6, 6.07) is -0.0679. The lowest BCUT2D eigenvalue weighted by Gasteiger charge is -2.19. The van der Waals surface area contributed by atoms with Gasteiger partial charge in [-0.2, -0.15) is 5.10 Å². The summed E-state index contributed by atoms with van der Waals surface area (Å²) in [6.07, 6.45) is 9.78. The lowest BCUT2D eigenvalue weighted by Crippen LogP contribution is -2.32. The number of nitrogens with one attached hydrogen (secondary N) is 1. The van der Waals surface area contributed by atoms with E-state index in [2.05, 4.69) is 22.3 Å². The fourth-order valence-electron chi connectivity index (χ4n) is 3.46. The molecule has 6 heteroatoms. The number of carbonyl (C=O) groups excluding carboxylic acids is 1. The van der Waals surface area contributed by atoms with Crippen LogP contribution in [0.5, 0.6) is 0 Å². The second-order valence-electron chi connectivity index (χ2n) is 6.32. The van der Waals surface area contributed by atoms with Gasteiger partial charge < -0.3 is 9.88 Å². The highest BCUT2D eigenvalue weighted by atomic mass is 16.2. The molecule has 3 rings (SSSR count). The standard InChI is InChI=1S/C17H25N5O/c1-4-7-14(16-18-10-11-21(16)2)19-17(23)15-12-8-5-6-9-13(12)20-22(15)3/h10-11,14H,4-9H2,1-3H3,(H,19,23). The minimum atomic E-state index is -0.0679. The number of hydrogen-bond acceptors (Lipinski definition) is 3. The number of hydrogen-bond donors (Lipinski definition) is 1. The van der Waals surface area contributed by atoms with Crippen molar-refractivity contribution in [3.8, 4) is 0 Å². The highest BCUT2D eigenvalue weighted by Gasteiger charge is 2.26. The Morgan fingerprint density at radius 1 is 1.35 bits per heavy atom. The summed E-state index contributed by atoms with van der Waals surface area (Å²) in [5.74, 6) is 0.862. The summed E-state index contributed by atoms with van der Waals surface area (Å²) in [5, 5.41) is 7.71. The Kier molecular flexibility index (Phi) is 4.50. The van der Waals surface area contributed by atoms with Gasteiger partial charge in [0.15, 0.2) is 0 Å². The number of carbonyl (C=O) groups is 1. The van der Waals surface area contributed by atoms with E-state index in [-0.39, 0.29) is 11.9 Å². The van der Waals surface area contributed by atoms with E-state index >= 15 is 0 Å². The molecule has 0 radical (unpaired) electrons. The molecule has 6 nitrogen and oxygen atoms in total. The molecule has 1 amide bonds. The molecular formula is C17H25N5O. The number of aromatic nitrogens is 4. The average molecular weight is 315 g/mol. The molecule has 0 spiro atoms. The Bertz CT molecular complexity index is 700. The Morgan fingerprint density at radius 3 is 2.83 bits per heavy atom. The maximum atomic E-state index is 12.9. The number of amides is 1. The Hall–Kier alpha value is -2.11. The van der Waals surface area contributed by atoms with Gasteiger partial charge in [-0.15, -0.1) is 0 Å². The quantitative estimate of drug-likeness (QED) is 0.921. The Labute approximate surface area is 136 Å². The van der Waals surface area contributed by atoms with Crippen LogP contribution in [0.4, 0.5) is 0 Å². The van der Waals surface area contributed by atoms with Gasteiger partial charge >= 0.3 is 0 Å². The zero-order chi connectivity index (χ0) is 16.4. The van der Waals surface area contributed by atoms with Gasteiger partial charge in [-0.25, -0.2) is 4.98 Å². The third-order valence-electron chi connectivity index (χ3n) is 4.59. The Morgan fingerprint density at radius 2 is 2.13 bits per heavy atom. The summed E-state index contributed by atoms with van der Waals surface area (Å²) >= 11 is 0. The van der Waals surface area contributed by atoms with Crippen molar-refractivity contribution in [3.63, 3.8) is 0 Å². The monoisotopic (exact) mass is 315 g/mol. The summed E-state index contributed by atoms with van der Waals surface area (Å²) in [4.78, 5) is 17.3. The molecule has 1 atom stereocenters. The highest BCUT2D eigenvalue weighted by Crippen LogP contribution is 2.25. The summed E-state index contributed by atoms with van der Waals surface area (Å²) in [7, 11) is 3.83. The number of rotatable bonds is 5. The molecule has 0 saturated carbocycles. The zero-order valence-electron chi connectivity index (χ0n) is 14.2. The van der Waals surface area contributed by atoms with Crippen LogP contribution < -0.4 is 5.32 Å². The van der Waals surface area contributed by atoms with Gasteiger partial charge in [-0.3, -0.25) is 9.48 Å². The molecule has 0 saturated heterocycles. The molecule has 1 aliphatic carbocycles. The van der Waals surface area contributed by atoms with Crippen LogP contribution >= 0.6 is 0 Å². The zero-order valence-corrected chi connectivity index (χ0v) is 14.2. The van der Waals surface area contributed by atoms with Gasteiger partial charge in [0.05, 0.1) is 11.7 Å². The van der Waals surface area contributed by atoms with E-state index in [9.17, 15) is 4.79 Å². The van der Waals surface area contributed by atoms with Crippen LogP contribution in [0.15, 0.2) is 12.4 Å². The van der Waals surface area contributed by atoms with E-state index in [1.165, 1.54) is 0 Å². The Balaban J connectivity index is 1.85. The number of imidazole rings is 1. The van der Waals surface area contributed by atoms with Crippen LogP contribution in [-0.4, -0.2) is 25.2 Å². The topological polar surface area (TPSA) is 64.7 Å². The first-order valence-electron chi connectivity index (χ1n) is 8.44. The van der Waals surface area contributed by atoms with Crippen LogP contribution in [0.1, 0.15) is 66.2 Å². The van der Waals surface area contributed by atoms with E-state index in [1.807, 2.05) is 24.9 Å². The lowest BCUT2D eigenvalue weighted by atomic mass is 9.95. The maximum absolute atomic E-state index is 12.9. The molecule has 2 aromatic heterocycles. The molecular weight excluding hydrogens is 290 g/mol. The van der Waals surface area contributed by atoms with E-state index in [1.54, 1.807) is 10.9 Å². The third kappa shape index (κ3) is 3.02. The van der Waals surface area contributed by atoms with E-state index in [4.69, 9.17) is 0 Å². The van der Waals surface area contributed by atoms with Crippen molar-refractivity contribution >= 4 is 5.91 Å². The predicted octanol–water partition coefficient (Wildman–Crippen LogP) is 2.30.